The quantitative estimate of drug-likeness (QED) is 0.823. The van der Waals surface area contributed by atoms with Crippen molar-refractivity contribution in [3.05, 3.63) is 58.1 Å². The van der Waals surface area contributed by atoms with Gasteiger partial charge >= 0.3 is 0 Å². The summed E-state index contributed by atoms with van der Waals surface area (Å²) < 4.78 is 28.3. The fraction of sp³-hybridized carbons (Fsp3) is 0.350. The van der Waals surface area contributed by atoms with Crippen LogP contribution in [0.5, 0.6) is 0 Å². The Labute approximate surface area is 171 Å². The highest BCUT2D eigenvalue weighted by Crippen LogP contribution is 2.26. The zero-order valence-corrected chi connectivity index (χ0v) is 17.8. The van der Waals surface area contributed by atoms with Gasteiger partial charge in [0, 0.05) is 37.4 Å². The number of rotatable bonds is 4. The number of piperazine rings is 1. The number of benzene rings is 2. The summed E-state index contributed by atoms with van der Waals surface area (Å²) in [6.45, 7) is 6.67. The van der Waals surface area contributed by atoms with Crippen molar-refractivity contribution in [2.45, 2.75) is 18.7 Å². The first-order valence-electron chi connectivity index (χ1n) is 9.05. The van der Waals surface area contributed by atoms with Gasteiger partial charge in [-0.3, -0.25) is 9.52 Å². The predicted molar refractivity (Wildman–Crippen MR) is 112 cm³/mol. The molecule has 1 fully saturated rings. The van der Waals surface area contributed by atoms with Crippen LogP contribution in [0.25, 0.3) is 0 Å². The number of halogens is 1. The summed E-state index contributed by atoms with van der Waals surface area (Å²) in [5.41, 5.74) is 2.82. The van der Waals surface area contributed by atoms with Crippen LogP contribution >= 0.6 is 11.6 Å². The molecule has 2 aromatic rings. The van der Waals surface area contributed by atoms with Gasteiger partial charge in [-0.25, -0.2) is 8.42 Å². The summed E-state index contributed by atoms with van der Waals surface area (Å²) in [6.07, 6.45) is 0. The van der Waals surface area contributed by atoms with E-state index in [9.17, 15) is 13.2 Å². The number of sulfonamides is 1. The van der Waals surface area contributed by atoms with Gasteiger partial charge in [0.15, 0.2) is 0 Å². The molecule has 0 unspecified atom stereocenters. The highest BCUT2D eigenvalue weighted by molar-refractivity contribution is 7.92. The number of carbonyl (C=O) groups is 1. The van der Waals surface area contributed by atoms with Gasteiger partial charge in [0.25, 0.3) is 15.9 Å². The maximum atomic E-state index is 12.9. The molecule has 1 saturated heterocycles. The van der Waals surface area contributed by atoms with Crippen molar-refractivity contribution in [1.82, 2.24) is 9.80 Å². The average molecular weight is 422 g/mol. The molecule has 1 aliphatic rings. The molecule has 150 valence electrons. The Balaban J connectivity index is 1.87. The summed E-state index contributed by atoms with van der Waals surface area (Å²) in [5, 5.41) is 0.0752. The van der Waals surface area contributed by atoms with E-state index in [1.54, 1.807) is 23.1 Å². The van der Waals surface area contributed by atoms with E-state index in [4.69, 9.17) is 11.6 Å². The monoisotopic (exact) mass is 421 g/mol. The van der Waals surface area contributed by atoms with Crippen LogP contribution in [-0.2, 0) is 10.0 Å². The third-order valence-electron chi connectivity index (χ3n) is 5.02. The van der Waals surface area contributed by atoms with Gasteiger partial charge in [-0.2, -0.15) is 0 Å². The van der Waals surface area contributed by atoms with Crippen molar-refractivity contribution in [3.8, 4) is 0 Å². The lowest BCUT2D eigenvalue weighted by atomic mass is 10.1. The van der Waals surface area contributed by atoms with Crippen molar-refractivity contribution in [2.24, 2.45) is 0 Å². The van der Waals surface area contributed by atoms with Gasteiger partial charge in [-0.15, -0.1) is 0 Å². The Morgan fingerprint density at radius 3 is 2.32 bits per heavy atom. The minimum atomic E-state index is -3.93. The number of likely N-dealkylation sites (N-methyl/N-ethyl adjacent to an activating group) is 1. The second-order valence-electron chi connectivity index (χ2n) is 7.15. The molecule has 28 heavy (non-hydrogen) atoms. The van der Waals surface area contributed by atoms with E-state index in [1.807, 2.05) is 27.0 Å². The molecule has 2 aromatic carbocycles. The first kappa shape index (κ1) is 20.6. The van der Waals surface area contributed by atoms with E-state index in [0.29, 0.717) is 24.3 Å². The van der Waals surface area contributed by atoms with Crippen molar-refractivity contribution in [2.75, 3.05) is 37.9 Å². The molecule has 1 aliphatic heterocycles. The SMILES string of the molecule is Cc1ccc(NS(=O)(=O)c2cc(C(=O)N3CCN(C)CC3)ccc2Cl)cc1C. The van der Waals surface area contributed by atoms with Gasteiger partial charge in [-0.05, 0) is 62.4 Å². The van der Waals surface area contributed by atoms with Gasteiger partial charge in [0.2, 0.25) is 0 Å². The van der Waals surface area contributed by atoms with Crippen LogP contribution in [0, 0.1) is 13.8 Å². The average Bonchev–Trinajstić information content (AvgIpc) is 2.65. The molecule has 0 aliphatic carbocycles. The number of nitrogens with one attached hydrogen (secondary N) is 1. The Hall–Kier alpha value is -2.09. The highest BCUT2D eigenvalue weighted by Gasteiger charge is 2.24. The molecular formula is C20H24ClN3O3S. The molecule has 1 N–H and O–H groups in total. The largest absolute Gasteiger partial charge is 0.336 e. The zero-order valence-electron chi connectivity index (χ0n) is 16.2. The standard InChI is InChI=1S/C20H24ClN3O3S/c1-14-4-6-17(12-15(14)2)22-28(26,27)19-13-16(5-7-18(19)21)20(25)24-10-8-23(3)9-11-24/h4-7,12-13,22H,8-11H2,1-3H3. The van der Waals surface area contributed by atoms with Crippen LogP contribution in [0.3, 0.4) is 0 Å². The Morgan fingerprint density at radius 2 is 1.68 bits per heavy atom. The number of nitrogens with zero attached hydrogens (tertiary/aromatic N) is 2. The lowest BCUT2D eigenvalue weighted by Gasteiger charge is -2.32. The van der Waals surface area contributed by atoms with Crippen LogP contribution in [0.4, 0.5) is 5.69 Å². The molecule has 0 atom stereocenters. The van der Waals surface area contributed by atoms with Gasteiger partial charge in [0.05, 0.1) is 5.02 Å². The lowest BCUT2D eigenvalue weighted by Crippen LogP contribution is -2.47. The van der Waals surface area contributed by atoms with E-state index < -0.39 is 10.0 Å². The van der Waals surface area contributed by atoms with Crippen molar-refractivity contribution >= 4 is 33.2 Å². The van der Waals surface area contributed by atoms with Crippen LogP contribution in [0.15, 0.2) is 41.3 Å². The number of hydrogen-bond donors (Lipinski definition) is 1. The van der Waals surface area contributed by atoms with Gasteiger partial charge in [-0.1, -0.05) is 17.7 Å². The Bertz CT molecular complexity index is 1000. The van der Waals surface area contributed by atoms with E-state index in [2.05, 4.69) is 9.62 Å². The summed E-state index contributed by atoms with van der Waals surface area (Å²) in [5.74, 6) is -0.188. The van der Waals surface area contributed by atoms with Crippen LogP contribution in [0.1, 0.15) is 21.5 Å². The van der Waals surface area contributed by atoms with Crippen molar-refractivity contribution in [3.63, 3.8) is 0 Å². The maximum Gasteiger partial charge on any atom is 0.263 e. The zero-order chi connectivity index (χ0) is 20.5. The van der Waals surface area contributed by atoms with E-state index in [0.717, 1.165) is 24.2 Å². The predicted octanol–water partition coefficient (Wildman–Crippen LogP) is 3.15. The molecule has 0 saturated carbocycles. The molecule has 8 heteroatoms. The summed E-state index contributed by atoms with van der Waals surface area (Å²) in [6, 6.07) is 9.69. The highest BCUT2D eigenvalue weighted by atomic mass is 35.5. The second-order valence-corrected chi connectivity index (χ2v) is 9.20. The molecule has 6 nitrogen and oxygen atoms in total. The molecule has 1 amide bonds. The molecule has 0 radical (unpaired) electrons. The molecular weight excluding hydrogens is 398 g/mol. The molecule has 3 rings (SSSR count). The summed E-state index contributed by atoms with van der Waals surface area (Å²) in [7, 11) is -1.92. The van der Waals surface area contributed by atoms with E-state index in [-0.39, 0.29) is 15.8 Å². The van der Waals surface area contributed by atoms with Crippen LogP contribution in [0.2, 0.25) is 5.02 Å². The third-order valence-corrected chi connectivity index (χ3v) is 6.88. The molecule has 0 bridgehead atoms. The Morgan fingerprint density at radius 1 is 1.00 bits per heavy atom. The van der Waals surface area contributed by atoms with Crippen LogP contribution < -0.4 is 4.72 Å². The number of anilines is 1. The third kappa shape index (κ3) is 4.48. The van der Waals surface area contributed by atoms with Gasteiger partial charge < -0.3 is 9.80 Å². The van der Waals surface area contributed by atoms with Gasteiger partial charge in [0.1, 0.15) is 4.90 Å². The minimum Gasteiger partial charge on any atom is -0.336 e. The van der Waals surface area contributed by atoms with Crippen molar-refractivity contribution in [1.29, 1.82) is 0 Å². The first-order valence-corrected chi connectivity index (χ1v) is 10.9. The topological polar surface area (TPSA) is 69.7 Å². The smallest absolute Gasteiger partial charge is 0.263 e. The second kappa shape index (κ2) is 8.11. The summed E-state index contributed by atoms with van der Waals surface area (Å²) in [4.78, 5) is 16.6. The first-order chi connectivity index (χ1) is 13.2. The summed E-state index contributed by atoms with van der Waals surface area (Å²) >= 11 is 6.16. The Kier molecular flexibility index (Phi) is 5.98. The maximum absolute atomic E-state index is 12.9. The number of hydrogen-bond acceptors (Lipinski definition) is 4. The van der Waals surface area contributed by atoms with E-state index >= 15 is 0 Å². The number of aryl methyl sites for hydroxylation is 2. The normalized spacial score (nSPS) is 15.5. The fourth-order valence-corrected chi connectivity index (χ4v) is 4.63. The van der Waals surface area contributed by atoms with Crippen molar-refractivity contribution < 1.29 is 13.2 Å². The molecule has 1 heterocycles. The number of carbonyl (C=O) groups excluding carboxylic acids is 1. The fourth-order valence-electron chi connectivity index (χ4n) is 3.05. The van der Waals surface area contributed by atoms with Crippen LogP contribution in [-0.4, -0.2) is 57.4 Å². The minimum absolute atomic E-state index is 0.0752. The van der Waals surface area contributed by atoms with E-state index in [1.165, 1.54) is 12.1 Å². The number of amides is 1. The molecule has 0 spiro atoms. The molecule has 0 aromatic heterocycles. The lowest BCUT2D eigenvalue weighted by molar-refractivity contribution is 0.0664.